The molecule has 0 bridgehead atoms. The van der Waals surface area contributed by atoms with Gasteiger partial charge in [-0.2, -0.15) is 0 Å². The van der Waals surface area contributed by atoms with Crippen molar-refractivity contribution < 1.29 is 4.79 Å². The van der Waals surface area contributed by atoms with Gasteiger partial charge in [-0.15, -0.1) is 0 Å². The topological polar surface area (TPSA) is 32.3 Å². The molecule has 1 N–H and O–H groups in total. The second-order valence-electron chi connectivity index (χ2n) is 5.69. The van der Waals surface area contributed by atoms with Gasteiger partial charge in [0.2, 0.25) is 5.91 Å². The highest BCUT2D eigenvalue weighted by molar-refractivity contribution is 5.83. The van der Waals surface area contributed by atoms with Gasteiger partial charge >= 0.3 is 0 Å². The van der Waals surface area contributed by atoms with E-state index in [9.17, 15) is 4.79 Å². The molecule has 100 valence electrons. The minimum absolute atomic E-state index is 0.00550. The van der Waals surface area contributed by atoms with E-state index in [1.165, 1.54) is 25.7 Å². The van der Waals surface area contributed by atoms with Gasteiger partial charge in [0.25, 0.3) is 0 Å². The number of hydrogen-bond donors (Lipinski definition) is 1. The Bertz CT molecular complexity index is 240. The maximum Gasteiger partial charge on any atom is 0.240 e. The number of nitrogens with zero attached hydrogens (tertiary/aromatic N) is 1. The molecule has 2 atom stereocenters. The lowest BCUT2D eigenvalue weighted by Gasteiger charge is -2.20. The zero-order valence-corrected chi connectivity index (χ0v) is 11.8. The molecular formula is C14H28N2O. The maximum atomic E-state index is 11.8. The molecule has 1 rings (SSSR count). The third-order valence-corrected chi connectivity index (χ3v) is 3.54. The lowest BCUT2D eigenvalue weighted by molar-refractivity contribution is -0.129. The van der Waals surface area contributed by atoms with Crippen LogP contribution in [0, 0.1) is 5.92 Å². The average molecular weight is 240 g/mol. The summed E-state index contributed by atoms with van der Waals surface area (Å²) >= 11 is 0. The Hall–Kier alpha value is -0.570. The van der Waals surface area contributed by atoms with Crippen LogP contribution >= 0.6 is 0 Å². The maximum absolute atomic E-state index is 11.8. The second kappa shape index (κ2) is 7.00. The van der Waals surface area contributed by atoms with Crippen molar-refractivity contribution in [3.63, 3.8) is 0 Å². The van der Waals surface area contributed by atoms with Gasteiger partial charge in [0.05, 0.1) is 12.2 Å². The fourth-order valence-corrected chi connectivity index (χ4v) is 2.45. The molecule has 1 saturated heterocycles. The lowest BCUT2D eigenvalue weighted by Crippen LogP contribution is -2.35. The predicted octanol–water partition coefficient (Wildman–Crippen LogP) is 2.76. The quantitative estimate of drug-likeness (QED) is 0.694. The monoisotopic (exact) mass is 240 g/mol. The summed E-state index contributed by atoms with van der Waals surface area (Å²) in [5.41, 5.74) is 0. The van der Waals surface area contributed by atoms with Crippen LogP contribution in [-0.4, -0.2) is 29.6 Å². The van der Waals surface area contributed by atoms with Crippen LogP contribution in [0.1, 0.15) is 59.8 Å². The van der Waals surface area contributed by atoms with Crippen LogP contribution < -0.4 is 5.32 Å². The molecule has 1 heterocycles. The van der Waals surface area contributed by atoms with Crippen molar-refractivity contribution in [3.05, 3.63) is 0 Å². The van der Waals surface area contributed by atoms with E-state index < -0.39 is 0 Å². The Kier molecular flexibility index (Phi) is 5.96. The van der Waals surface area contributed by atoms with E-state index in [-0.39, 0.29) is 18.1 Å². The molecule has 1 aliphatic heterocycles. The van der Waals surface area contributed by atoms with Crippen molar-refractivity contribution >= 4 is 5.91 Å². The van der Waals surface area contributed by atoms with E-state index in [4.69, 9.17) is 0 Å². The molecule has 0 aromatic carbocycles. The SMILES string of the molecule is CC(C)CCCCCCN1C(=O)C(C)NC1C. The highest BCUT2D eigenvalue weighted by Crippen LogP contribution is 2.13. The minimum Gasteiger partial charge on any atom is -0.326 e. The van der Waals surface area contributed by atoms with Crippen molar-refractivity contribution in [2.75, 3.05) is 6.54 Å². The van der Waals surface area contributed by atoms with E-state index in [2.05, 4.69) is 26.1 Å². The number of rotatable bonds is 7. The molecule has 3 heteroatoms. The average Bonchev–Trinajstić information content (AvgIpc) is 2.48. The summed E-state index contributed by atoms with van der Waals surface area (Å²) in [6, 6.07) is 0.00550. The van der Waals surface area contributed by atoms with Crippen LogP contribution in [0.5, 0.6) is 0 Å². The molecule has 0 saturated carbocycles. The summed E-state index contributed by atoms with van der Waals surface area (Å²) in [4.78, 5) is 13.8. The van der Waals surface area contributed by atoms with E-state index in [0.29, 0.717) is 0 Å². The molecule has 3 nitrogen and oxygen atoms in total. The lowest BCUT2D eigenvalue weighted by atomic mass is 10.0. The third-order valence-electron chi connectivity index (χ3n) is 3.54. The Morgan fingerprint density at radius 1 is 1.18 bits per heavy atom. The van der Waals surface area contributed by atoms with Gasteiger partial charge in [0.1, 0.15) is 0 Å². The summed E-state index contributed by atoms with van der Waals surface area (Å²) in [5, 5.41) is 3.26. The van der Waals surface area contributed by atoms with Gasteiger partial charge in [-0.1, -0.05) is 39.5 Å². The Morgan fingerprint density at radius 2 is 1.82 bits per heavy atom. The molecule has 1 fully saturated rings. The van der Waals surface area contributed by atoms with E-state index in [1.807, 2.05) is 11.8 Å². The molecule has 0 spiro atoms. The summed E-state index contributed by atoms with van der Waals surface area (Å²) in [6.45, 7) is 9.48. The van der Waals surface area contributed by atoms with Gasteiger partial charge in [-0.05, 0) is 26.2 Å². The molecule has 1 amide bonds. The van der Waals surface area contributed by atoms with Crippen molar-refractivity contribution in [2.45, 2.75) is 72.0 Å². The largest absolute Gasteiger partial charge is 0.326 e. The Labute approximate surface area is 106 Å². The molecular weight excluding hydrogens is 212 g/mol. The van der Waals surface area contributed by atoms with Crippen molar-refractivity contribution in [1.29, 1.82) is 0 Å². The zero-order valence-electron chi connectivity index (χ0n) is 11.8. The van der Waals surface area contributed by atoms with Crippen LogP contribution in [0.25, 0.3) is 0 Å². The van der Waals surface area contributed by atoms with Crippen LogP contribution in [0.15, 0.2) is 0 Å². The number of nitrogens with one attached hydrogen (secondary N) is 1. The zero-order chi connectivity index (χ0) is 12.8. The molecule has 1 aliphatic rings. The minimum atomic E-state index is 0.00550. The summed E-state index contributed by atoms with van der Waals surface area (Å²) in [5.74, 6) is 1.08. The molecule has 0 radical (unpaired) electrons. The second-order valence-corrected chi connectivity index (χ2v) is 5.69. The number of carbonyl (C=O) groups excluding carboxylic acids is 1. The first-order valence-corrected chi connectivity index (χ1v) is 7.09. The highest BCUT2D eigenvalue weighted by Gasteiger charge is 2.32. The Morgan fingerprint density at radius 3 is 2.35 bits per heavy atom. The van der Waals surface area contributed by atoms with Crippen LogP contribution in [0.3, 0.4) is 0 Å². The molecule has 2 unspecified atom stereocenters. The fourth-order valence-electron chi connectivity index (χ4n) is 2.45. The third kappa shape index (κ3) is 4.66. The summed E-state index contributed by atoms with van der Waals surface area (Å²) in [6.07, 6.45) is 6.57. The van der Waals surface area contributed by atoms with Gasteiger partial charge in [0, 0.05) is 6.54 Å². The summed E-state index contributed by atoms with van der Waals surface area (Å²) in [7, 11) is 0. The van der Waals surface area contributed by atoms with Crippen LogP contribution in [0.4, 0.5) is 0 Å². The number of hydrogen-bond acceptors (Lipinski definition) is 2. The smallest absolute Gasteiger partial charge is 0.240 e. The molecule has 0 aliphatic carbocycles. The highest BCUT2D eigenvalue weighted by atomic mass is 16.2. The van der Waals surface area contributed by atoms with Gasteiger partial charge in [-0.25, -0.2) is 0 Å². The Balaban J connectivity index is 2.08. The molecule has 17 heavy (non-hydrogen) atoms. The van der Waals surface area contributed by atoms with E-state index in [0.717, 1.165) is 18.9 Å². The van der Waals surface area contributed by atoms with Gasteiger partial charge in [0.15, 0.2) is 0 Å². The molecule has 0 aromatic heterocycles. The molecule has 0 aromatic rings. The van der Waals surface area contributed by atoms with Crippen LogP contribution in [-0.2, 0) is 4.79 Å². The van der Waals surface area contributed by atoms with Crippen LogP contribution in [0.2, 0.25) is 0 Å². The van der Waals surface area contributed by atoms with E-state index in [1.54, 1.807) is 0 Å². The number of unbranched alkanes of at least 4 members (excludes halogenated alkanes) is 3. The predicted molar refractivity (Wildman–Crippen MR) is 71.7 cm³/mol. The van der Waals surface area contributed by atoms with Crippen molar-refractivity contribution in [2.24, 2.45) is 5.92 Å². The summed E-state index contributed by atoms with van der Waals surface area (Å²) < 4.78 is 0. The number of amides is 1. The first-order chi connectivity index (χ1) is 8.02. The van der Waals surface area contributed by atoms with Gasteiger partial charge < -0.3 is 4.90 Å². The van der Waals surface area contributed by atoms with Gasteiger partial charge in [-0.3, -0.25) is 10.1 Å². The normalized spacial score (nSPS) is 25.0. The van der Waals surface area contributed by atoms with Crippen molar-refractivity contribution in [1.82, 2.24) is 10.2 Å². The standard InChI is InChI=1S/C14H28N2O/c1-11(2)9-7-5-6-8-10-16-13(4)15-12(3)14(16)17/h11-13,15H,5-10H2,1-4H3. The number of carbonyl (C=O) groups is 1. The first-order valence-electron chi connectivity index (χ1n) is 7.09. The fraction of sp³-hybridized carbons (Fsp3) is 0.929. The van der Waals surface area contributed by atoms with Crippen molar-refractivity contribution in [3.8, 4) is 0 Å². The first kappa shape index (κ1) is 14.5. The van der Waals surface area contributed by atoms with E-state index >= 15 is 0 Å².